The number of ether oxygens (including phenoxy) is 1. The highest BCUT2D eigenvalue weighted by Crippen LogP contribution is 2.62. The van der Waals surface area contributed by atoms with Crippen LogP contribution in [0.1, 0.15) is 80.1 Å². The van der Waals surface area contributed by atoms with Gasteiger partial charge in [-0.1, -0.05) is 58.4 Å². The molecule has 1 amide bonds. The minimum absolute atomic E-state index is 0.0123. The molecule has 0 N–H and O–H groups in total. The van der Waals surface area contributed by atoms with Gasteiger partial charge in [-0.05, 0) is 80.1 Å². The van der Waals surface area contributed by atoms with Crippen LogP contribution in [0.3, 0.4) is 0 Å². The third-order valence-electron chi connectivity index (χ3n) is 8.42. The third-order valence-corrected chi connectivity index (χ3v) is 8.42. The van der Waals surface area contributed by atoms with E-state index in [2.05, 4.69) is 46.4 Å². The molecule has 4 heteroatoms. The Balaban J connectivity index is 1.84. The van der Waals surface area contributed by atoms with E-state index in [9.17, 15) is 9.59 Å². The van der Waals surface area contributed by atoms with E-state index in [1.807, 2.05) is 6.92 Å². The van der Waals surface area contributed by atoms with Gasteiger partial charge in [0.1, 0.15) is 0 Å². The van der Waals surface area contributed by atoms with Gasteiger partial charge in [-0.15, -0.1) is 0 Å². The van der Waals surface area contributed by atoms with Crippen molar-refractivity contribution in [3.63, 3.8) is 0 Å². The topological polar surface area (TPSA) is 46.6 Å². The second-order valence-corrected chi connectivity index (χ2v) is 10.9. The Bertz CT molecular complexity index is 807. The van der Waals surface area contributed by atoms with E-state index in [-0.39, 0.29) is 16.4 Å². The zero-order valence-electron chi connectivity index (χ0n) is 20.4. The Hall–Kier alpha value is -1.84. The summed E-state index contributed by atoms with van der Waals surface area (Å²) in [6.45, 7) is 17.7. The van der Waals surface area contributed by atoms with Gasteiger partial charge in [-0.3, -0.25) is 0 Å². The highest BCUT2D eigenvalue weighted by atomic mass is 16.6. The fourth-order valence-corrected chi connectivity index (χ4v) is 6.64. The molecule has 1 fully saturated rings. The van der Waals surface area contributed by atoms with Gasteiger partial charge < -0.3 is 9.64 Å². The van der Waals surface area contributed by atoms with Gasteiger partial charge in [0, 0.05) is 18.7 Å². The predicted molar refractivity (Wildman–Crippen MR) is 125 cm³/mol. The number of carbonyl (C=O) groups is 2. The quantitative estimate of drug-likeness (QED) is 0.279. The van der Waals surface area contributed by atoms with Crippen molar-refractivity contribution in [3.8, 4) is 0 Å². The van der Waals surface area contributed by atoms with Crippen molar-refractivity contribution in [1.29, 1.82) is 0 Å². The van der Waals surface area contributed by atoms with Gasteiger partial charge in [-0.2, -0.15) is 0 Å². The Morgan fingerprint density at radius 1 is 1.29 bits per heavy atom. The summed E-state index contributed by atoms with van der Waals surface area (Å²) in [7, 11) is 0. The third kappa shape index (κ3) is 4.54. The molecule has 0 aromatic heterocycles. The second kappa shape index (κ2) is 8.96. The number of hydrogen-bond donors (Lipinski definition) is 0. The number of amides is 1. The normalized spacial score (nSPS) is 32.4. The molecule has 0 aromatic rings. The van der Waals surface area contributed by atoms with Crippen LogP contribution in [-0.4, -0.2) is 30.1 Å². The lowest BCUT2D eigenvalue weighted by Crippen LogP contribution is -2.54. The summed E-state index contributed by atoms with van der Waals surface area (Å²) in [5, 5.41) is 0. The van der Waals surface area contributed by atoms with E-state index in [0.29, 0.717) is 30.8 Å². The lowest BCUT2D eigenvalue weighted by atomic mass is 9.47. The zero-order chi connectivity index (χ0) is 23.0. The molecule has 0 aliphatic heterocycles. The largest absolute Gasteiger partial charge is 0.417 e. The molecular weight excluding hydrogens is 386 g/mol. The van der Waals surface area contributed by atoms with Crippen molar-refractivity contribution >= 4 is 12.1 Å². The summed E-state index contributed by atoms with van der Waals surface area (Å²) in [6, 6.07) is 0. The zero-order valence-corrected chi connectivity index (χ0v) is 20.4. The van der Waals surface area contributed by atoms with Crippen LogP contribution in [0.2, 0.25) is 0 Å². The number of fused-ring (bicyclic) bond motifs is 3. The summed E-state index contributed by atoms with van der Waals surface area (Å²) >= 11 is 0. The smallest absolute Gasteiger partial charge is 0.373 e. The Morgan fingerprint density at radius 3 is 2.61 bits per heavy atom. The molecule has 0 bridgehead atoms. The van der Waals surface area contributed by atoms with Crippen LogP contribution in [0.25, 0.3) is 0 Å². The SMILES string of the molecule is C=C(C)C(=O)OC(=O)N(CC)C[C@@]1(C)CCC[C@@]2(C)C1CC=C1C=C(C(C)C)CC[C@H]12. The molecule has 1 saturated carbocycles. The molecule has 0 radical (unpaired) electrons. The molecule has 0 aromatic carbocycles. The summed E-state index contributed by atoms with van der Waals surface area (Å²) in [5.74, 6) is 1.12. The molecule has 0 heterocycles. The van der Waals surface area contributed by atoms with Gasteiger partial charge in [0.25, 0.3) is 0 Å². The maximum atomic E-state index is 12.7. The predicted octanol–water partition coefficient (Wildman–Crippen LogP) is 6.68. The molecule has 172 valence electrons. The summed E-state index contributed by atoms with van der Waals surface area (Å²) in [5.41, 5.74) is 3.66. The van der Waals surface area contributed by atoms with Crippen LogP contribution in [0.4, 0.5) is 4.79 Å². The highest BCUT2D eigenvalue weighted by Gasteiger charge is 2.54. The van der Waals surface area contributed by atoms with Crippen LogP contribution in [0.5, 0.6) is 0 Å². The lowest BCUT2D eigenvalue weighted by molar-refractivity contribution is -0.134. The van der Waals surface area contributed by atoms with Gasteiger partial charge in [0.05, 0.1) is 0 Å². The molecule has 3 aliphatic rings. The van der Waals surface area contributed by atoms with Gasteiger partial charge in [-0.25, -0.2) is 9.59 Å². The Morgan fingerprint density at radius 2 is 2.00 bits per heavy atom. The van der Waals surface area contributed by atoms with Crippen molar-refractivity contribution in [2.45, 2.75) is 80.1 Å². The lowest BCUT2D eigenvalue weighted by Gasteiger charge is -2.59. The van der Waals surface area contributed by atoms with Crippen molar-refractivity contribution in [2.75, 3.05) is 13.1 Å². The van der Waals surface area contributed by atoms with E-state index in [1.165, 1.54) is 25.7 Å². The number of rotatable bonds is 5. The average Bonchev–Trinajstić information content (AvgIpc) is 2.71. The highest BCUT2D eigenvalue weighted by molar-refractivity contribution is 5.94. The molecule has 1 unspecified atom stereocenters. The fourth-order valence-electron chi connectivity index (χ4n) is 6.64. The van der Waals surface area contributed by atoms with E-state index in [4.69, 9.17) is 4.74 Å². The minimum Gasteiger partial charge on any atom is -0.373 e. The maximum Gasteiger partial charge on any atom is 0.417 e. The van der Waals surface area contributed by atoms with Crippen LogP contribution >= 0.6 is 0 Å². The van der Waals surface area contributed by atoms with Crippen molar-refractivity contribution in [3.05, 3.63) is 35.5 Å². The van der Waals surface area contributed by atoms with Crippen LogP contribution in [0, 0.1) is 28.6 Å². The molecule has 31 heavy (non-hydrogen) atoms. The summed E-state index contributed by atoms with van der Waals surface area (Å²) in [6.07, 6.45) is 11.5. The van der Waals surface area contributed by atoms with Gasteiger partial charge >= 0.3 is 12.1 Å². The standard InChI is InChI=1S/C27H41NO3/c1-8-28(25(30)31-24(29)19(4)5)17-26(6)14-9-15-27(7)22-12-10-20(18(2)3)16-21(22)11-13-23(26)27/h11,16,18,22-23H,4,8-10,12-15,17H2,1-3,5-7H3/t22-,23?,26-,27-/m1/s1. The first-order valence-electron chi connectivity index (χ1n) is 12.1. The molecule has 4 atom stereocenters. The summed E-state index contributed by atoms with van der Waals surface area (Å²) in [4.78, 5) is 26.3. The Kier molecular flexibility index (Phi) is 6.88. The maximum absolute atomic E-state index is 12.7. The van der Waals surface area contributed by atoms with Crippen LogP contribution < -0.4 is 0 Å². The first-order valence-corrected chi connectivity index (χ1v) is 12.1. The average molecular weight is 428 g/mol. The molecule has 0 saturated heterocycles. The van der Waals surface area contributed by atoms with Crippen molar-refractivity contribution in [2.24, 2.45) is 28.6 Å². The first kappa shape index (κ1) is 23.8. The molecule has 0 spiro atoms. The molecule has 3 aliphatic carbocycles. The van der Waals surface area contributed by atoms with Crippen molar-refractivity contribution < 1.29 is 14.3 Å². The Labute approximate surface area is 188 Å². The molecular formula is C27H41NO3. The molecule has 3 rings (SSSR count). The number of allylic oxidation sites excluding steroid dienone is 4. The van der Waals surface area contributed by atoms with Gasteiger partial charge in [0.15, 0.2) is 0 Å². The summed E-state index contributed by atoms with van der Waals surface area (Å²) < 4.78 is 5.06. The number of nitrogens with zero attached hydrogens (tertiary/aromatic N) is 1. The molecule has 4 nitrogen and oxygen atoms in total. The number of hydrogen-bond acceptors (Lipinski definition) is 3. The first-order chi connectivity index (χ1) is 14.5. The monoisotopic (exact) mass is 427 g/mol. The van der Waals surface area contributed by atoms with E-state index in [0.717, 1.165) is 12.8 Å². The van der Waals surface area contributed by atoms with E-state index >= 15 is 0 Å². The van der Waals surface area contributed by atoms with E-state index in [1.54, 1.807) is 23.0 Å². The fraction of sp³-hybridized carbons (Fsp3) is 0.704. The minimum atomic E-state index is -0.637. The van der Waals surface area contributed by atoms with Crippen molar-refractivity contribution in [1.82, 2.24) is 4.90 Å². The van der Waals surface area contributed by atoms with Crippen LogP contribution in [-0.2, 0) is 9.53 Å². The second-order valence-electron chi connectivity index (χ2n) is 10.9. The number of carbonyl (C=O) groups excluding carboxylic acids is 2. The van der Waals surface area contributed by atoms with Crippen LogP contribution in [0.15, 0.2) is 35.5 Å². The van der Waals surface area contributed by atoms with Gasteiger partial charge in [0.2, 0.25) is 0 Å². The number of esters is 1. The van der Waals surface area contributed by atoms with E-state index < -0.39 is 12.1 Å².